The lowest BCUT2D eigenvalue weighted by Crippen LogP contribution is -2.27. The smallest absolute Gasteiger partial charge is 0.363 e. The number of amides is 1. The van der Waals surface area contributed by atoms with Gasteiger partial charge in [0.05, 0.1) is 12.2 Å². The van der Waals surface area contributed by atoms with Crippen molar-refractivity contribution < 1.29 is 24.0 Å². The summed E-state index contributed by atoms with van der Waals surface area (Å²) in [6.45, 7) is 7.76. The van der Waals surface area contributed by atoms with Crippen LogP contribution < -0.4 is 5.48 Å². The minimum atomic E-state index is -0.571. The van der Waals surface area contributed by atoms with Crippen LogP contribution in [0.25, 0.3) is 0 Å². The SMILES string of the molecule is CCOC(=O)CC/C=C/CCC(=O)NOC(=O)c1c(C)cc(C)cc1C. The summed E-state index contributed by atoms with van der Waals surface area (Å²) in [5.41, 5.74) is 5.33. The number of ether oxygens (including phenoxy) is 1. The van der Waals surface area contributed by atoms with Crippen LogP contribution in [0.4, 0.5) is 0 Å². The van der Waals surface area contributed by atoms with Crippen molar-refractivity contribution in [3.63, 3.8) is 0 Å². The number of allylic oxidation sites excluding steroid dienone is 2. The molecule has 0 fully saturated rings. The summed E-state index contributed by atoms with van der Waals surface area (Å²) in [5, 5.41) is 0. The molecule has 0 heterocycles. The Labute approximate surface area is 154 Å². The van der Waals surface area contributed by atoms with Crippen molar-refractivity contribution in [2.45, 2.75) is 53.4 Å². The van der Waals surface area contributed by atoms with Gasteiger partial charge in [-0.05, 0) is 51.7 Å². The van der Waals surface area contributed by atoms with Crippen molar-refractivity contribution in [2.24, 2.45) is 0 Å². The molecule has 0 saturated heterocycles. The van der Waals surface area contributed by atoms with Crippen LogP contribution >= 0.6 is 0 Å². The summed E-state index contributed by atoms with van der Waals surface area (Å²) >= 11 is 0. The maximum Gasteiger partial charge on any atom is 0.363 e. The second-order valence-electron chi connectivity index (χ2n) is 6.04. The predicted molar refractivity (Wildman–Crippen MR) is 98.5 cm³/mol. The van der Waals surface area contributed by atoms with Gasteiger partial charge in [0.2, 0.25) is 0 Å². The van der Waals surface area contributed by atoms with Crippen molar-refractivity contribution in [1.29, 1.82) is 0 Å². The number of hydroxylamine groups is 1. The standard InChI is InChI=1S/C20H27NO5/c1-5-25-18(23)11-9-7-6-8-10-17(22)21-26-20(24)19-15(3)12-14(2)13-16(19)4/h6-7,12-13H,5,8-11H2,1-4H3,(H,21,22)/b7-6+. The first kappa shape index (κ1) is 21.4. The Morgan fingerprint density at radius 1 is 1.00 bits per heavy atom. The van der Waals surface area contributed by atoms with Crippen LogP contribution in [0.1, 0.15) is 59.7 Å². The highest BCUT2D eigenvalue weighted by Crippen LogP contribution is 2.17. The predicted octanol–water partition coefficient (Wildman–Crippen LogP) is 3.48. The molecule has 0 aromatic heterocycles. The van der Waals surface area contributed by atoms with E-state index in [0.29, 0.717) is 31.4 Å². The normalized spacial score (nSPS) is 10.6. The third-order valence-corrected chi connectivity index (χ3v) is 3.66. The number of nitrogens with one attached hydrogen (secondary N) is 1. The molecule has 1 N–H and O–H groups in total. The van der Waals surface area contributed by atoms with Crippen LogP contribution in [0.3, 0.4) is 0 Å². The lowest BCUT2D eigenvalue weighted by Gasteiger charge is -2.10. The maximum atomic E-state index is 12.1. The molecule has 0 spiro atoms. The first-order valence-corrected chi connectivity index (χ1v) is 8.73. The fourth-order valence-electron chi connectivity index (χ4n) is 2.59. The molecule has 1 aromatic carbocycles. The minimum absolute atomic E-state index is 0.190. The van der Waals surface area contributed by atoms with E-state index in [0.717, 1.165) is 16.7 Å². The van der Waals surface area contributed by atoms with Crippen molar-refractivity contribution in [2.75, 3.05) is 6.61 Å². The minimum Gasteiger partial charge on any atom is -0.466 e. The largest absolute Gasteiger partial charge is 0.466 e. The molecular formula is C20H27NO5. The van der Waals surface area contributed by atoms with Gasteiger partial charge in [-0.2, -0.15) is 5.48 Å². The molecule has 0 aliphatic heterocycles. The fraction of sp³-hybridized carbons (Fsp3) is 0.450. The van der Waals surface area contributed by atoms with Crippen molar-refractivity contribution in [1.82, 2.24) is 5.48 Å². The van der Waals surface area contributed by atoms with Gasteiger partial charge in [-0.25, -0.2) is 4.79 Å². The van der Waals surface area contributed by atoms with Gasteiger partial charge in [0.25, 0.3) is 5.91 Å². The fourth-order valence-corrected chi connectivity index (χ4v) is 2.59. The van der Waals surface area contributed by atoms with Crippen molar-refractivity contribution in [3.8, 4) is 0 Å². The van der Waals surface area contributed by atoms with Gasteiger partial charge in [0.15, 0.2) is 0 Å². The number of carbonyl (C=O) groups is 3. The number of esters is 1. The number of rotatable bonds is 8. The zero-order valence-corrected chi connectivity index (χ0v) is 15.9. The van der Waals surface area contributed by atoms with E-state index in [1.807, 2.05) is 45.1 Å². The molecule has 0 bridgehead atoms. The van der Waals surface area contributed by atoms with Gasteiger partial charge >= 0.3 is 11.9 Å². The summed E-state index contributed by atoms with van der Waals surface area (Å²) < 4.78 is 4.82. The number of aryl methyl sites for hydroxylation is 3. The van der Waals surface area contributed by atoms with Gasteiger partial charge in [-0.15, -0.1) is 0 Å². The van der Waals surface area contributed by atoms with Gasteiger partial charge in [-0.1, -0.05) is 29.8 Å². The molecule has 142 valence electrons. The average molecular weight is 361 g/mol. The van der Waals surface area contributed by atoms with E-state index in [1.165, 1.54) is 0 Å². The van der Waals surface area contributed by atoms with E-state index in [1.54, 1.807) is 6.92 Å². The number of benzene rings is 1. The van der Waals surface area contributed by atoms with E-state index in [9.17, 15) is 14.4 Å². The molecule has 0 unspecified atom stereocenters. The highest BCUT2D eigenvalue weighted by atomic mass is 16.7. The molecular weight excluding hydrogens is 334 g/mol. The van der Waals surface area contributed by atoms with E-state index in [4.69, 9.17) is 9.57 Å². The van der Waals surface area contributed by atoms with Crippen LogP contribution in [-0.2, 0) is 19.2 Å². The highest BCUT2D eigenvalue weighted by molar-refractivity contribution is 5.93. The number of carbonyl (C=O) groups excluding carboxylic acids is 3. The van der Waals surface area contributed by atoms with Gasteiger partial charge < -0.3 is 9.57 Å². The summed E-state index contributed by atoms with van der Waals surface area (Å²) in [5.74, 6) is -1.18. The molecule has 0 aliphatic carbocycles. The van der Waals surface area contributed by atoms with Crippen molar-refractivity contribution in [3.05, 3.63) is 46.5 Å². The Hall–Kier alpha value is -2.63. The third-order valence-electron chi connectivity index (χ3n) is 3.66. The highest BCUT2D eigenvalue weighted by Gasteiger charge is 2.15. The van der Waals surface area contributed by atoms with Crippen LogP contribution in [0.5, 0.6) is 0 Å². The Balaban J connectivity index is 2.32. The lowest BCUT2D eigenvalue weighted by atomic mass is 10.0. The Bertz CT molecular complexity index is 656. The molecule has 26 heavy (non-hydrogen) atoms. The van der Waals surface area contributed by atoms with Crippen LogP contribution in [0, 0.1) is 20.8 Å². The van der Waals surface area contributed by atoms with Crippen LogP contribution in [-0.4, -0.2) is 24.5 Å². The molecule has 6 nitrogen and oxygen atoms in total. The Morgan fingerprint density at radius 3 is 2.15 bits per heavy atom. The quantitative estimate of drug-likeness (QED) is 0.435. The second kappa shape index (κ2) is 11.1. The van der Waals surface area contributed by atoms with Crippen LogP contribution in [0.15, 0.2) is 24.3 Å². The molecule has 6 heteroatoms. The number of hydrogen-bond donors (Lipinski definition) is 1. The summed E-state index contributed by atoms with van der Waals surface area (Å²) in [6.07, 6.45) is 5.22. The van der Waals surface area contributed by atoms with Gasteiger partial charge in [0.1, 0.15) is 0 Å². The van der Waals surface area contributed by atoms with E-state index in [2.05, 4.69) is 5.48 Å². The first-order valence-electron chi connectivity index (χ1n) is 8.73. The van der Waals surface area contributed by atoms with Crippen LogP contribution in [0.2, 0.25) is 0 Å². The monoisotopic (exact) mass is 361 g/mol. The molecule has 0 saturated carbocycles. The molecule has 1 aromatic rings. The molecule has 0 radical (unpaired) electrons. The second-order valence-corrected chi connectivity index (χ2v) is 6.04. The summed E-state index contributed by atoms with van der Waals surface area (Å²) in [7, 11) is 0. The molecule has 0 aliphatic rings. The zero-order chi connectivity index (χ0) is 19.5. The Kier molecular flexibility index (Phi) is 9.12. The summed E-state index contributed by atoms with van der Waals surface area (Å²) in [6, 6.07) is 3.79. The maximum absolute atomic E-state index is 12.1. The summed E-state index contributed by atoms with van der Waals surface area (Å²) in [4.78, 5) is 39.9. The first-order chi connectivity index (χ1) is 12.3. The molecule has 1 amide bonds. The Morgan fingerprint density at radius 2 is 1.58 bits per heavy atom. The van der Waals surface area contributed by atoms with E-state index in [-0.39, 0.29) is 18.3 Å². The van der Waals surface area contributed by atoms with Crippen molar-refractivity contribution >= 4 is 17.8 Å². The third kappa shape index (κ3) is 7.51. The average Bonchev–Trinajstić information content (AvgIpc) is 2.55. The van der Waals surface area contributed by atoms with Gasteiger partial charge in [0, 0.05) is 12.8 Å². The zero-order valence-electron chi connectivity index (χ0n) is 15.9. The topological polar surface area (TPSA) is 81.7 Å². The van der Waals surface area contributed by atoms with Gasteiger partial charge in [-0.3, -0.25) is 9.59 Å². The van der Waals surface area contributed by atoms with E-state index >= 15 is 0 Å². The molecule has 1 rings (SSSR count). The lowest BCUT2D eigenvalue weighted by molar-refractivity contribution is -0.143. The van der Waals surface area contributed by atoms with E-state index < -0.39 is 5.97 Å². The molecule has 0 atom stereocenters. The number of hydrogen-bond acceptors (Lipinski definition) is 5.